The zero-order chi connectivity index (χ0) is 22.4. The first-order valence-electron chi connectivity index (χ1n) is 10.5. The van der Waals surface area contributed by atoms with Crippen molar-refractivity contribution in [3.05, 3.63) is 108 Å². The second-order valence-corrected chi connectivity index (χ2v) is 9.14. The first-order chi connectivity index (χ1) is 16.2. The summed E-state index contributed by atoms with van der Waals surface area (Å²) in [5.74, 6) is -0.285. The highest BCUT2D eigenvalue weighted by Gasteiger charge is 2.42. The van der Waals surface area contributed by atoms with Crippen LogP contribution in [0.5, 0.6) is 0 Å². The van der Waals surface area contributed by atoms with Crippen molar-refractivity contribution in [1.29, 1.82) is 0 Å². The fourth-order valence-corrected chi connectivity index (χ4v) is 5.62. The molecule has 0 bridgehead atoms. The third-order valence-electron chi connectivity index (χ3n) is 5.77. The lowest BCUT2D eigenvalue weighted by molar-refractivity contribution is 0.549. The van der Waals surface area contributed by atoms with Crippen molar-refractivity contribution in [1.82, 2.24) is 19.9 Å². The fourth-order valence-electron chi connectivity index (χ4n) is 4.31. The highest BCUT2D eigenvalue weighted by molar-refractivity contribution is 7.80. The summed E-state index contributed by atoms with van der Waals surface area (Å²) in [6, 6.07) is 24.1. The van der Waals surface area contributed by atoms with Crippen LogP contribution in [0.4, 0.5) is 10.1 Å². The molecule has 0 unspecified atom stereocenters. The van der Waals surface area contributed by atoms with E-state index >= 15 is 0 Å². The smallest absolute Gasteiger partial charge is 0.194 e. The van der Waals surface area contributed by atoms with Crippen LogP contribution in [0.15, 0.2) is 91.3 Å². The fraction of sp³-hybridized carbons (Fsp3) is 0.0800. The zero-order valence-electron chi connectivity index (χ0n) is 17.3. The molecule has 3 aromatic heterocycles. The van der Waals surface area contributed by atoms with Gasteiger partial charge in [-0.3, -0.25) is 9.55 Å². The number of benzene rings is 2. The Labute approximate surface area is 199 Å². The van der Waals surface area contributed by atoms with Crippen molar-refractivity contribution < 1.29 is 4.39 Å². The van der Waals surface area contributed by atoms with Gasteiger partial charge in [0.15, 0.2) is 10.2 Å². The van der Waals surface area contributed by atoms with Gasteiger partial charge >= 0.3 is 0 Å². The average Bonchev–Trinajstić information content (AvgIpc) is 3.56. The normalized spacial score (nSPS) is 18.1. The van der Waals surface area contributed by atoms with Gasteiger partial charge in [-0.15, -0.1) is 0 Å². The van der Waals surface area contributed by atoms with Crippen LogP contribution in [0.3, 0.4) is 0 Å². The number of thiazole rings is 1. The van der Waals surface area contributed by atoms with Gasteiger partial charge in [0.1, 0.15) is 11.9 Å². The summed E-state index contributed by atoms with van der Waals surface area (Å²) in [4.78, 5) is 11.5. The molecule has 5 nitrogen and oxygen atoms in total. The maximum atomic E-state index is 13.7. The molecule has 6 rings (SSSR count). The van der Waals surface area contributed by atoms with E-state index in [9.17, 15) is 4.39 Å². The Morgan fingerprint density at radius 1 is 0.939 bits per heavy atom. The first kappa shape index (κ1) is 20.0. The Balaban J connectivity index is 1.51. The summed E-state index contributed by atoms with van der Waals surface area (Å²) in [7, 11) is 0. The van der Waals surface area contributed by atoms with Crippen LogP contribution in [0, 0.1) is 5.82 Å². The molecular formula is C25H18FN5S2. The summed E-state index contributed by atoms with van der Waals surface area (Å²) in [5.41, 5.74) is 3.68. The predicted molar refractivity (Wildman–Crippen MR) is 133 cm³/mol. The molecule has 5 aromatic rings. The van der Waals surface area contributed by atoms with E-state index in [4.69, 9.17) is 17.2 Å². The van der Waals surface area contributed by atoms with Gasteiger partial charge in [0.25, 0.3) is 0 Å². The van der Waals surface area contributed by atoms with Crippen molar-refractivity contribution in [3.8, 4) is 5.13 Å². The molecular weight excluding hydrogens is 453 g/mol. The lowest BCUT2D eigenvalue weighted by atomic mass is 10.0. The standard InChI is InChI=1S/C25H18FN5S2/c26-16-10-12-17(13-11-16)31-23(22(29-24(31)32)19-7-3-4-14-27-19)20-8-5-15-30(20)25-28-18-6-1-2-9-21(18)33-25/h1-15,22-23H,(H,29,32)/t22-,23+/m0/s1. The number of thiocarbonyl (C=S) groups is 1. The topological polar surface area (TPSA) is 46.0 Å². The van der Waals surface area contributed by atoms with Crippen molar-refractivity contribution >= 4 is 44.6 Å². The van der Waals surface area contributed by atoms with Crippen LogP contribution < -0.4 is 10.2 Å². The molecule has 0 spiro atoms. The number of halogens is 1. The molecule has 0 radical (unpaired) electrons. The second kappa shape index (κ2) is 8.06. The molecule has 2 atom stereocenters. The SMILES string of the molecule is Fc1ccc(N2C(=S)N[C@@H](c3ccccn3)[C@H]2c2cccn2-c2nc3ccccc3s2)cc1. The van der Waals surface area contributed by atoms with E-state index in [2.05, 4.69) is 27.0 Å². The number of nitrogens with zero attached hydrogens (tertiary/aromatic N) is 4. The van der Waals surface area contributed by atoms with Crippen LogP contribution in [-0.4, -0.2) is 19.6 Å². The van der Waals surface area contributed by atoms with Gasteiger partial charge in [0, 0.05) is 18.1 Å². The van der Waals surface area contributed by atoms with Gasteiger partial charge < -0.3 is 10.2 Å². The van der Waals surface area contributed by atoms with Gasteiger partial charge in [0.2, 0.25) is 0 Å². The van der Waals surface area contributed by atoms with E-state index in [0.717, 1.165) is 32.4 Å². The summed E-state index contributed by atoms with van der Waals surface area (Å²) in [5, 5.41) is 4.90. The van der Waals surface area contributed by atoms with Crippen LogP contribution in [0.2, 0.25) is 0 Å². The largest absolute Gasteiger partial charge is 0.351 e. The Morgan fingerprint density at radius 2 is 1.76 bits per heavy atom. The van der Waals surface area contributed by atoms with Crippen molar-refractivity contribution in [2.24, 2.45) is 0 Å². The van der Waals surface area contributed by atoms with Crippen LogP contribution in [0.1, 0.15) is 23.5 Å². The lowest BCUT2D eigenvalue weighted by Crippen LogP contribution is -2.30. The summed E-state index contributed by atoms with van der Waals surface area (Å²) in [6.45, 7) is 0. The molecule has 1 fully saturated rings. The molecule has 0 amide bonds. The van der Waals surface area contributed by atoms with Gasteiger partial charge in [-0.1, -0.05) is 29.5 Å². The average molecular weight is 472 g/mol. The molecule has 33 heavy (non-hydrogen) atoms. The van der Waals surface area contributed by atoms with Crippen LogP contribution in [-0.2, 0) is 0 Å². The molecule has 1 saturated heterocycles. The van der Waals surface area contributed by atoms with E-state index in [0.29, 0.717) is 5.11 Å². The minimum absolute atomic E-state index is 0.188. The van der Waals surface area contributed by atoms with Gasteiger partial charge in [-0.2, -0.15) is 0 Å². The molecule has 162 valence electrons. The minimum atomic E-state index is -0.285. The maximum absolute atomic E-state index is 13.7. The zero-order valence-corrected chi connectivity index (χ0v) is 18.9. The molecule has 4 heterocycles. The van der Waals surface area contributed by atoms with Crippen molar-refractivity contribution in [2.75, 3.05) is 4.90 Å². The second-order valence-electron chi connectivity index (χ2n) is 7.74. The van der Waals surface area contributed by atoms with Crippen LogP contribution in [0.25, 0.3) is 15.3 Å². The number of fused-ring (bicyclic) bond motifs is 1. The molecule has 1 N–H and O–H groups in total. The third kappa shape index (κ3) is 3.48. The molecule has 1 aliphatic heterocycles. The quantitative estimate of drug-likeness (QED) is 0.336. The number of aromatic nitrogens is 3. The van der Waals surface area contributed by atoms with Crippen molar-refractivity contribution in [2.45, 2.75) is 12.1 Å². The number of rotatable bonds is 4. The predicted octanol–water partition coefficient (Wildman–Crippen LogP) is 5.80. The van der Waals surface area contributed by atoms with E-state index < -0.39 is 0 Å². The Hall–Kier alpha value is -3.62. The Morgan fingerprint density at radius 3 is 2.55 bits per heavy atom. The third-order valence-corrected chi connectivity index (χ3v) is 7.13. The number of nitrogens with one attached hydrogen (secondary N) is 1. The summed E-state index contributed by atoms with van der Waals surface area (Å²) in [6.07, 6.45) is 3.80. The number of pyridine rings is 1. The van der Waals surface area contributed by atoms with E-state index in [1.807, 2.05) is 53.6 Å². The maximum Gasteiger partial charge on any atom is 0.194 e. The minimum Gasteiger partial charge on any atom is -0.351 e. The molecule has 1 aliphatic rings. The molecule has 0 saturated carbocycles. The molecule has 0 aliphatic carbocycles. The highest BCUT2D eigenvalue weighted by atomic mass is 32.1. The number of anilines is 1. The molecule has 2 aromatic carbocycles. The van der Waals surface area contributed by atoms with Crippen molar-refractivity contribution in [3.63, 3.8) is 0 Å². The first-order valence-corrected chi connectivity index (χ1v) is 11.7. The monoisotopic (exact) mass is 471 g/mol. The van der Waals surface area contributed by atoms with Gasteiger partial charge in [-0.25, -0.2) is 9.37 Å². The van der Waals surface area contributed by atoms with Gasteiger partial charge in [0.05, 0.1) is 27.6 Å². The van der Waals surface area contributed by atoms with E-state index in [1.165, 1.54) is 12.1 Å². The Kier molecular flexibility index (Phi) is 4.89. The van der Waals surface area contributed by atoms with E-state index in [-0.39, 0.29) is 17.9 Å². The highest BCUT2D eigenvalue weighted by Crippen LogP contribution is 2.42. The summed E-state index contributed by atoms with van der Waals surface area (Å²) < 4.78 is 16.9. The lowest BCUT2D eigenvalue weighted by Gasteiger charge is -2.28. The molecule has 8 heteroatoms. The van der Waals surface area contributed by atoms with Gasteiger partial charge in [-0.05, 0) is 72.9 Å². The van der Waals surface area contributed by atoms with Crippen LogP contribution >= 0.6 is 23.6 Å². The Bertz CT molecular complexity index is 1410. The summed E-state index contributed by atoms with van der Waals surface area (Å²) >= 11 is 7.41. The number of hydrogen-bond acceptors (Lipinski definition) is 4. The number of para-hydroxylation sites is 1. The number of hydrogen-bond donors (Lipinski definition) is 1. The van der Waals surface area contributed by atoms with E-state index in [1.54, 1.807) is 29.7 Å².